The lowest BCUT2D eigenvalue weighted by Crippen LogP contribution is -2.73. The van der Waals surface area contributed by atoms with Crippen LogP contribution >= 0.6 is 11.3 Å². The van der Waals surface area contributed by atoms with Gasteiger partial charge in [0, 0.05) is 37.8 Å². The molecule has 0 aromatic carbocycles. The highest BCUT2D eigenvalue weighted by molar-refractivity contribution is 7.15. The SMILES string of the molecule is Cc1nc(C(=O)N2CC3(C2)CN(c2nnc(C)s2)C3)c2cc[nH]c2n1. The van der Waals surface area contributed by atoms with Crippen molar-refractivity contribution in [2.24, 2.45) is 5.41 Å². The maximum atomic E-state index is 12.9. The second-order valence-electron chi connectivity index (χ2n) is 6.98. The van der Waals surface area contributed by atoms with Crippen molar-refractivity contribution in [2.45, 2.75) is 13.8 Å². The molecule has 1 N–H and O–H groups in total. The molecular weight excluding hydrogens is 338 g/mol. The Balaban J connectivity index is 1.29. The molecule has 0 bridgehead atoms. The van der Waals surface area contributed by atoms with Gasteiger partial charge in [-0.3, -0.25) is 4.79 Å². The van der Waals surface area contributed by atoms with Crippen LogP contribution in [0.25, 0.3) is 11.0 Å². The standard InChI is InChI=1S/C16H17N7OS/c1-9-18-12(11-3-4-17-13(11)19-9)14(24)22-5-16(6-22)7-23(8-16)15-21-20-10(2)25-15/h3-4H,5-8H2,1-2H3,(H,17,18,19). The molecule has 2 fully saturated rings. The van der Waals surface area contributed by atoms with Crippen molar-refractivity contribution in [2.75, 3.05) is 31.1 Å². The summed E-state index contributed by atoms with van der Waals surface area (Å²) in [7, 11) is 0. The van der Waals surface area contributed by atoms with Crippen molar-refractivity contribution < 1.29 is 4.79 Å². The van der Waals surface area contributed by atoms with E-state index in [0.29, 0.717) is 17.2 Å². The lowest BCUT2D eigenvalue weighted by Gasteiger charge is -2.59. The normalized spacial score (nSPS) is 18.5. The number of hydrogen-bond acceptors (Lipinski definition) is 7. The number of anilines is 1. The van der Waals surface area contributed by atoms with Crippen molar-refractivity contribution in [3.8, 4) is 0 Å². The Bertz CT molecular complexity index is 979. The number of amides is 1. The lowest BCUT2D eigenvalue weighted by molar-refractivity contribution is -0.0108. The van der Waals surface area contributed by atoms with Gasteiger partial charge in [-0.25, -0.2) is 9.97 Å². The first-order chi connectivity index (χ1) is 12.0. The number of fused-ring (bicyclic) bond motifs is 1. The summed E-state index contributed by atoms with van der Waals surface area (Å²) in [5.41, 5.74) is 1.41. The summed E-state index contributed by atoms with van der Waals surface area (Å²) in [5, 5.41) is 11.0. The largest absolute Gasteiger partial charge is 0.346 e. The van der Waals surface area contributed by atoms with Crippen LogP contribution in [-0.4, -0.2) is 62.1 Å². The second kappa shape index (κ2) is 4.98. The third kappa shape index (κ3) is 2.22. The van der Waals surface area contributed by atoms with E-state index in [1.54, 1.807) is 17.5 Å². The van der Waals surface area contributed by atoms with E-state index in [0.717, 1.165) is 41.7 Å². The molecule has 2 saturated heterocycles. The molecule has 2 aliphatic rings. The van der Waals surface area contributed by atoms with Crippen LogP contribution < -0.4 is 4.90 Å². The van der Waals surface area contributed by atoms with Crippen LogP contribution in [-0.2, 0) is 0 Å². The Morgan fingerprint density at radius 2 is 2.00 bits per heavy atom. The molecule has 3 aromatic heterocycles. The zero-order valence-corrected chi connectivity index (χ0v) is 14.8. The van der Waals surface area contributed by atoms with Crippen LogP contribution in [0.15, 0.2) is 12.3 Å². The van der Waals surface area contributed by atoms with E-state index in [1.165, 1.54) is 0 Å². The van der Waals surface area contributed by atoms with Gasteiger partial charge in [0.15, 0.2) is 0 Å². The minimum absolute atomic E-state index is 0.00839. The molecule has 5 rings (SSSR count). The Morgan fingerprint density at radius 1 is 1.20 bits per heavy atom. The zero-order valence-electron chi connectivity index (χ0n) is 14.0. The average molecular weight is 355 g/mol. The smallest absolute Gasteiger partial charge is 0.273 e. The highest BCUT2D eigenvalue weighted by Gasteiger charge is 2.54. The summed E-state index contributed by atoms with van der Waals surface area (Å²) >= 11 is 1.62. The Hall–Kier alpha value is -2.55. The summed E-state index contributed by atoms with van der Waals surface area (Å²) in [6.07, 6.45) is 1.79. The molecule has 2 aliphatic heterocycles. The number of aromatic nitrogens is 5. The molecule has 8 nitrogen and oxygen atoms in total. The van der Waals surface area contributed by atoms with Gasteiger partial charge in [0.05, 0.1) is 5.39 Å². The number of rotatable bonds is 2. The van der Waals surface area contributed by atoms with Crippen LogP contribution in [0.3, 0.4) is 0 Å². The van der Waals surface area contributed by atoms with Gasteiger partial charge in [0.1, 0.15) is 22.2 Å². The third-order valence-corrected chi connectivity index (χ3v) is 5.81. The molecule has 0 atom stereocenters. The van der Waals surface area contributed by atoms with Crippen LogP contribution in [0.1, 0.15) is 21.3 Å². The van der Waals surface area contributed by atoms with Crippen LogP contribution in [0.4, 0.5) is 5.13 Å². The van der Waals surface area contributed by atoms with Gasteiger partial charge >= 0.3 is 0 Å². The van der Waals surface area contributed by atoms with E-state index in [-0.39, 0.29) is 11.3 Å². The maximum absolute atomic E-state index is 12.9. The molecule has 0 saturated carbocycles. The van der Waals surface area contributed by atoms with Crippen molar-refractivity contribution in [1.82, 2.24) is 30.0 Å². The van der Waals surface area contributed by atoms with E-state index >= 15 is 0 Å². The minimum Gasteiger partial charge on any atom is -0.346 e. The number of H-pyrrole nitrogens is 1. The lowest BCUT2D eigenvalue weighted by atomic mass is 9.73. The van der Waals surface area contributed by atoms with Gasteiger partial charge < -0.3 is 14.8 Å². The van der Waals surface area contributed by atoms with E-state index in [9.17, 15) is 4.79 Å². The molecule has 1 amide bonds. The van der Waals surface area contributed by atoms with Crippen molar-refractivity contribution in [3.05, 3.63) is 28.8 Å². The van der Waals surface area contributed by atoms with Crippen molar-refractivity contribution >= 4 is 33.4 Å². The number of nitrogens with zero attached hydrogens (tertiary/aromatic N) is 6. The van der Waals surface area contributed by atoms with Gasteiger partial charge in [-0.05, 0) is 19.9 Å². The van der Waals surface area contributed by atoms with E-state index in [1.807, 2.05) is 24.8 Å². The monoisotopic (exact) mass is 355 g/mol. The summed E-state index contributed by atoms with van der Waals surface area (Å²) < 4.78 is 0. The first-order valence-electron chi connectivity index (χ1n) is 8.19. The Kier molecular flexibility index (Phi) is 2.94. The molecule has 3 aromatic rings. The van der Waals surface area contributed by atoms with Gasteiger partial charge in [-0.1, -0.05) is 11.3 Å². The topological polar surface area (TPSA) is 90.9 Å². The number of hydrogen-bond donors (Lipinski definition) is 1. The maximum Gasteiger partial charge on any atom is 0.273 e. The molecule has 25 heavy (non-hydrogen) atoms. The first kappa shape index (κ1) is 14.8. The van der Waals surface area contributed by atoms with Crippen LogP contribution in [0.5, 0.6) is 0 Å². The fourth-order valence-corrected chi connectivity index (χ4v) is 4.47. The van der Waals surface area contributed by atoms with Crippen molar-refractivity contribution in [3.63, 3.8) is 0 Å². The third-order valence-electron chi connectivity index (χ3n) is 4.91. The van der Waals surface area contributed by atoms with Gasteiger partial charge in [0.2, 0.25) is 5.13 Å². The minimum atomic E-state index is -0.00839. The van der Waals surface area contributed by atoms with E-state index < -0.39 is 0 Å². The molecule has 1 spiro atoms. The number of likely N-dealkylation sites (tertiary alicyclic amines) is 1. The second-order valence-corrected chi connectivity index (χ2v) is 8.14. The summed E-state index contributed by atoms with van der Waals surface area (Å²) in [6, 6.07) is 1.86. The average Bonchev–Trinajstić information content (AvgIpc) is 3.12. The molecule has 9 heteroatoms. The molecule has 5 heterocycles. The number of aryl methyl sites for hydroxylation is 2. The number of carbonyl (C=O) groups excluding carboxylic acids is 1. The summed E-state index contributed by atoms with van der Waals surface area (Å²) in [4.78, 5) is 28.8. The molecule has 0 aliphatic carbocycles. The quantitative estimate of drug-likeness (QED) is 0.747. The number of nitrogens with one attached hydrogen (secondary N) is 1. The van der Waals surface area contributed by atoms with Gasteiger partial charge in [0.25, 0.3) is 5.91 Å². The molecule has 0 radical (unpaired) electrons. The van der Waals surface area contributed by atoms with Gasteiger partial charge in [-0.2, -0.15) is 0 Å². The first-order valence-corrected chi connectivity index (χ1v) is 9.01. The predicted molar refractivity (Wildman–Crippen MR) is 93.8 cm³/mol. The molecule has 128 valence electrons. The predicted octanol–water partition coefficient (Wildman–Crippen LogP) is 1.39. The van der Waals surface area contributed by atoms with Gasteiger partial charge in [-0.15, -0.1) is 10.2 Å². The van der Waals surface area contributed by atoms with Crippen LogP contribution in [0.2, 0.25) is 0 Å². The van der Waals surface area contributed by atoms with E-state index in [2.05, 4.69) is 30.0 Å². The highest BCUT2D eigenvalue weighted by atomic mass is 32.1. The fraction of sp³-hybridized carbons (Fsp3) is 0.438. The summed E-state index contributed by atoms with van der Waals surface area (Å²) in [6.45, 7) is 7.19. The molecule has 0 unspecified atom stereocenters. The summed E-state index contributed by atoms with van der Waals surface area (Å²) in [5.74, 6) is 0.598. The molecular formula is C16H17N7OS. The Labute approximate surface area is 147 Å². The number of carbonyl (C=O) groups is 1. The van der Waals surface area contributed by atoms with E-state index in [4.69, 9.17) is 0 Å². The zero-order chi connectivity index (χ0) is 17.2. The van der Waals surface area contributed by atoms with Crippen molar-refractivity contribution in [1.29, 1.82) is 0 Å². The Morgan fingerprint density at radius 3 is 2.72 bits per heavy atom. The highest BCUT2D eigenvalue weighted by Crippen LogP contribution is 2.43. The van der Waals surface area contributed by atoms with Crippen LogP contribution in [0, 0.1) is 19.3 Å². The number of aromatic amines is 1. The fourth-order valence-electron chi connectivity index (χ4n) is 3.79.